The van der Waals surface area contributed by atoms with Crippen molar-refractivity contribution < 1.29 is 8.83 Å². The fourth-order valence-electron chi connectivity index (χ4n) is 10.5. The lowest BCUT2D eigenvalue weighted by molar-refractivity contribution is 0.573. The van der Waals surface area contributed by atoms with E-state index in [1.165, 1.54) is 54.6 Å². The normalized spacial score (nSPS) is 12.3. The molecule has 12 rings (SSSR count). The maximum absolute atomic E-state index is 7.07. The summed E-state index contributed by atoms with van der Waals surface area (Å²) in [6.45, 7) is 13.5. The van der Waals surface area contributed by atoms with Crippen LogP contribution >= 0.6 is 0 Å². The summed E-state index contributed by atoms with van der Waals surface area (Å²) in [6, 6.07) is 61.8. The molecule has 0 aliphatic heterocycles. The number of aryl methyl sites for hydroxylation is 3. The van der Waals surface area contributed by atoms with Gasteiger partial charge in [0.2, 0.25) is 0 Å². The average molecular weight is 829 g/mol. The Hall–Kier alpha value is -7.56. The van der Waals surface area contributed by atoms with Crippen molar-refractivity contribution in [1.29, 1.82) is 0 Å². The highest BCUT2D eigenvalue weighted by molar-refractivity contribution is 6.30. The molecule has 0 aliphatic rings. The van der Waals surface area contributed by atoms with Crippen molar-refractivity contribution in [2.24, 2.45) is 0 Å². The third-order valence-electron chi connectivity index (χ3n) is 13.5. The van der Waals surface area contributed by atoms with E-state index in [2.05, 4.69) is 221 Å². The van der Waals surface area contributed by atoms with Crippen molar-refractivity contribution in [1.82, 2.24) is 0 Å². The molecule has 0 N–H and O–H groups in total. The molecule has 0 radical (unpaired) electrons. The molecule has 0 unspecified atom stereocenters. The molecule has 0 atom stereocenters. The van der Waals surface area contributed by atoms with Crippen LogP contribution in [0.1, 0.15) is 49.9 Å². The van der Waals surface area contributed by atoms with Crippen LogP contribution in [0.3, 0.4) is 0 Å². The van der Waals surface area contributed by atoms with Gasteiger partial charge in [0.05, 0.1) is 22.7 Å². The minimum atomic E-state index is -0.0832. The number of hydrogen-bond acceptors (Lipinski definition) is 4. The van der Waals surface area contributed by atoms with Gasteiger partial charge in [-0.2, -0.15) is 0 Å². The molecule has 0 bridgehead atoms. The summed E-state index contributed by atoms with van der Waals surface area (Å²) < 4.78 is 14.0. The Morgan fingerprint density at radius 2 is 0.812 bits per heavy atom. The molecule has 0 aliphatic carbocycles. The van der Waals surface area contributed by atoms with Crippen LogP contribution in [0.15, 0.2) is 179 Å². The van der Waals surface area contributed by atoms with E-state index in [0.717, 1.165) is 84.4 Å². The van der Waals surface area contributed by atoms with Crippen LogP contribution < -0.4 is 9.80 Å². The number of furan rings is 2. The molecule has 64 heavy (non-hydrogen) atoms. The highest BCUT2D eigenvalue weighted by Crippen LogP contribution is 2.52. The van der Waals surface area contributed by atoms with E-state index in [4.69, 9.17) is 8.83 Å². The lowest BCUT2D eigenvalue weighted by Gasteiger charge is -2.30. The van der Waals surface area contributed by atoms with Crippen molar-refractivity contribution in [2.75, 3.05) is 9.80 Å². The summed E-state index contributed by atoms with van der Waals surface area (Å²) in [5.41, 5.74) is 14.8. The zero-order valence-electron chi connectivity index (χ0n) is 37.1. The van der Waals surface area contributed by atoms with Gasteiger partial charge < -0.3 is 18.6 Å². The van der Waals surface area contributed by atoms with Crippen LogP contribution in [0, 0.1) is 13.8 Å². The van der Waals surface area contributed by atoms with Crippen LogP contribution in [0.2, 0.25) is 0 Å². The topological polar surface area (TPSA) is 32.8 Å². The summed E-state index contributed by atoms with van der Waals surface area (Å²) >= 11 is 0. The molecule has 4 nitrogen and oxygen atoms in total. The van der Waals surface area contributed by atoms with E-state index in [9.17, 15) is 0 Å². The number of nitrogens with zero attached hydrogens (tertiary/aromatic N) is 2. The first-order valence-corrected chi connectivity index (χ1v) is 22.5. The van der Waals surface area contributed by atoms with Crippen LogP contribution in [0.25, 0.3) is 76.2 Å². The molecule has 0 fully saturated rings. The smallest absolute Gasteiger partial charge is 0.159 e. The zero-order valence-corrected chi connectivity index (χ0v) is 37.1. The van der Waals surface area contributed by atoms with Gasteiger partial charge in [0.15, 0.2) is 11.2 Å². The van der Waals surface area contributed by atoms with Crippen LogP contribution in [0.4, 0.5) is 34.1 Å². The first-order valence-electron chi connectivity index (χ1n) is 22.5. The summed E-state index contributed by atoms with van der Waals surface area (Å²) in [7, 11) is 0. The molecule has 2 aromatic heterocycles. The molecule has 0 spiro atoms. The minimum Gasteiger partial charge on any atom is -0.454 e. The van der Waals surface area contributed by atoms with Crippen LogP contribution in [0.5, 0.6) is 0 Å². The number of rotatable bonds is 7. The van der Waals surface area contributed by atoms with Gasteiger partial charge in [-0.25, -0.2) is 0 Å². The van der Waals surface area contributed by atoms with Gasteiger partial charge in [-0.1, -0.05) is 149 Å². The first kappa shape index (κ1) is 38.1. The standard InChI is InChI=1S/C60H48N2O2/c1-7-38-18-14-23-43-45-25-16-28-50(58(45)63-56(38)43)61(39-19-10-8-11-20-39)52-34-36(2)41-31-33-48-53(35-37(3)42-30-32-47(52)54(41)55(42)48)62(40-21-12-9-13-22-40)51-29-17-26-46-44-24-15-27-49(60(4,5)6)57(44)64-59(46)51/h8-35H,7H2,1-6H3. The third-order valence-corrected chi connectivity index (χ3v) is 13.5. The third kappa shape index (κ3) is 5.61. The fraction of sp³-hybridized carbons (Fsp3) is 0.133. The molecular weight excluding hydrogens is 781 g/mol. The number of benzene rings is 10. The quantitative estimate of drug-likeness (QED) is 0.150. The number of anilines is 6. The molecular formula is C60H48N2O2. The Morgan fingerprint density at radius 3 is 1.30 bits per heavy atom. The van der Waals surface area contributed by atoms with Gasteiger partial charge in [0, 0.05) is 49.3 Å². The minimum absolute atomic E-state index is 0.0832. The maximum atomic E-state index is 7.07. The summed E-state index contributed by atoms with van der Waals surface area (Å²) in [5, 5.41) is 11.9. The van der Waals surface area contributed by atoms with Crippen molar-refractivity contribution in [3.05, 3.63) is 192 Å². The van der Waals surface area contributed by atoms with Crippen LogP contribution in [-0.2, 0) is 11.8 Å². The van der Waals surface area contributed by atoms with Gasteiger partial charge in [0.25, 0.3) is 0 Å². The summed E-state index contributed by atoms with van der Waals surface area (Å²) in [5.74, 6) is 0. The predicted molar refractivity (Wildman–Crippen MR) is 272 cm³/mol. The number of para-hydroxylation sites is 6. The van der Waals surface area contributed by atoms with Crippen molar-refractivity contribution in [2.45, 2.75) is 53.4 Å². The average Bonchev–Trinajstić information content (AvgIpc) is 3.90. The second kappa shape index (κ2) is 14.2. The second-order valence-corrected chi connectivity index (χ2v) is 18.4. The molecule has 2 heterocycles. The van der Waals surface area contributed by atoms with E-state index >= 15 is 0 Å². The Bertz CT molecular complexity index is 3780. The van der Waals surface area contributed by atoms with Gasteiger partial charge in [0.1, 0.15) is 11.2 Å². The molecule has 12 aromatic rings. The van der Waals surface area contributed by atoms with Gasteiger partial charge in [-0.3, -0.25) is 0 Å². The van der Waals surface area contributed by atoms with Gasteiger partial charge >= 0.3 is 0 Å². The van der Waals surface area contributed by atoms with E-state index in [-0.39, 0.29) is 5.41 Å². The Morgan fingerprint density at radius 1 is 0.391 bits per heavy atom. The van der Waals surface area contributed by atoms with Gasteiger partial charge in [-0.15, -0.1) is 0 Å². The molecule has 0 saturated heterocycles. The molecule has 10 aromatic carbocycles. The Labute approximate surface area is 372 Å². The summed E-state index contributed by atoms with van der Waals surface area (Å²) in [4.78, 5) is 4.82. The van der Waals surface area contributed by atoms with Crippen molar-refractivity contribution in [3.8, 4) is 0 Å². The largest absolute Gasteiger partial charge is 0.454 e. The fourth-order valence-corrected chi connectivity index (χ4v) is 10.5. The number of hydrogen-bond donors (Lipinski definition) is 0. The van der Waals surface area contributed by atoms with E-state index in [0.29, 0.717) is 0 Å². The number of fused-ring (bicyclic) bond motifs is 6. The monoisotopic (exact) mass is 828 g/mol. The van der Waals surface area contributed by atoms with E-state index in [1.54, 1.807) is 0 Å². The molecule has 310 valence electrons. The first-order chi connectivity index (χ1) is 31.2. The molecule has 0 saturated carbocycles. The van der Waals surface area contributed by atoms with Crippen molar-refractivity contribution in [3.63, 3.8) is 0 Å². The van der Waals surface area contributed by atoms with Gasteiger partial charge in [-0.05, 0) is 112 Å². The highest BCUT2D eigenvalue weighted by atomic mass is 16.3. The molecule has 4 heteroatoms. The predicted octanol–water partition coefficient (Wildman–Crippen LogP) is 17.8. The maximum Gasteiger partial charge on any atom is 0.159 e. The second-order valence-electron chi connectivity index (χ2n) is 18.4. The Balaban J connectivity index is 1.15. The lowest BCUT2D eigenvalue weighted by atomic mass is 9.86. The Kier molecular flexibility index (Phi) is 8.48. The lowest BCUT2D eigenvalue weighted by Crippen LogP contribution is -2.12. The molecule has 0 amide bonds. The summed E-state index contributed by atoms with van der Waals surface area (Å²) in [6.07, 6.45) is 0.901. The van der Waals surface area contributed by atoms with Crippen molar-refractivity contribution >= 4 is 110 Å². The SMILES string of the molecule is CCc1cccc2c1oc1c(N(c3ccccc3)c3cc(C)c4ccc5c(N(c6ccccc6)c6cccc7c6oc6c(C(C)(C)C)cccc67)cc(C)c6ccc3c4c65)cccc12. The highest BCUT2D eigenvalue weighted by Gasteiger charge is 2.28. The zero-order chi connectivity index (χ0) is 43.4. The van der Waals surface area contributed by atoms with E-state index in [1.807, 2.05) is 0 Å². The van der Waals surface area contributed by atoms with Crippen LogP contribution in [-0.4, -0.2) is 0 Å². The van der Waals surface area contributed by atoms with E-state index < -0.39 is 0 Å².